The molecular formula is C52H90NO8P. The molecule has 0 bridgehead atoms. The third kappa shape index (κ3) is 46.7. The number of quaternary nitrogens is 1. The van der Waals surface area contributed by atoms with E-state index in [4.69, 9.17) is 18.5 Å². The van der Waals surface area contributed by atoms with E-state index in [1.807, 2.05) is 33.3 Å². The van der Waals surface area contributed by atoms with Gasteiger partial charge in [0.25, 0.3) is 7.82 Å². The monoisotopic (exact) mass is 888 g/mol. The van der Waals surface area contributed by atoms with Crippen molar-refractivity contribution in [2.45, 2.75) is 187 Å². The molecule has 0 spiro atoms. The van der Waals surface area contributed by atoms with E-state index in [9.17, 15) is 19.0 Å². The van der Waals surface area contributed by atoms with E-state index in [1.54, 1.807) is 0 Å². The normalized spacial score (nSPS) is 14.2. The lowest BCUT2D eigenvalue weighted by molar-refractivity contribution is -0.870. The molecule has 1 unspecified atom stereocenters. The zero-order chi connectivity index (χ0) is 45.7. The van der Waals surface area contributed by atoms with E-state index in [0.717, 1.165) is 57.8 Å². The lowest BCUT2D eigenvalue weighted by Crippen LogP contribution is -2.37. The van der Waals surface area contributed by atoms with Gasteiger partial charge in [0.15, 0.2) is 6.10 Å². The maximum Gasteiger partial charge on any atom is 0.306 e. The summed E-state index contributed by atoms with van der Waals surface area (Å²) in [7, 11) is 1.11. The number of allylic oxidation sites excluding steroid dienone is 14. The second kappa shape index (κ2) is 43.4. The molecule has 356 valence electrons. The largest absolute Gasteiger partial charge is 0.756 e. The van der Waals surface area contributed by atoms with E-state index < -0.39 is 32.5 Å². The summed E-state index contributed by atoms with van der Waals surface area (Å²) < 4.78 is 33.9. The van der Waals surface area contributed by atoms with Crippen LogP contribution in [0.1, 0.15) is 181 Å². The Labute approximate surface area is 380 Å². The maximum atomic E-state index is 12.7. The number of phosphoric acid groups is 1. The minimum Gasteiger partial charge on any atom is -0.756 e. The minimum absolute atomic E-state index is 0.0463. The summed E-state index contributed by atoms with van der Waals surface area (Å²) >= 11 is 0. The number of nitrogens with zero attached hydrogens (tertiary/aromatic N) is 1. The summed E-state index contributed by atoms with van der Waals surface area (Å²) in [6.45, 7) is 4.02. The molecule has 0 aliphatic heterocycles. The predicted octanol–water partition coefficient (Wildman–Crippen LogP) is 13.7. The van der Waals surface area contributed by atoms with Crippen molar-refractivity contribution in [1.82, 2.24) is 0 Å². The molecule has 62 heavy (non-hydrogen) atoms. The zero-order valence-corrected chi connectivity index (χ0v) is 40.9. The number of hydrogen-bond donors (Lipinski definition) is 0. The van der Waals surface area contributed by atoms with Gasteiger partial charge in [0, 0.05) is 12.8 Å². The Bertz CT molecular complexity index is 1330. The predicted molar refractivity (Wildman–Crippen MR) is 259 cm³/mol. The lowest BCUT2D eigenvalue weighted by Gasteiger charge is -2.28. The fourth-order valence-electron chi connectivity index (χ4n) is 6.15. The Morgan fingerprint density at radius 1 is 0.516 bits per heavy atom. The molecule has 0 N–H and O–H groups in total. The maximum absolute atomic E-state index is 12.7. The molecule has 2 atom stereocenters. The van der Waals surface area contributed by atoms with Crippen LogP contribution in [0.15, 0.2) is 85.1 Å². The average Bonchev–Trinajstić information content (AvgIpc) is 3.23. The third-order valence-corrected chi connectivity index (χ3v) is 10.9. The van der Waals surface area contributed by atoms with Gasteiger partial charge in [-0.15, -0.1) is 0 Å². The number of carbonyl (C=O) groups excluding carboxylic acids is 2. The first kappa shape index (κ1) is 59.2. The summed E-state index contributed by atoms with van der Waals surface area (Å²) in [5, 5.41) is 0. The fraction of sp³-hybridized carbons (Fsp3) is 0.692. The van der Waals surface area contributed by atoms with Crippen molar-refractivity contribution in [3.8, 4) is 0 Å². The first-order valence-corrected chi connectivity index (χ1v) is 25.8. The number of ether oxygens (including phenoxy) is 2. The van der Waals surface area contributed by atoms with Crippen LogP contribution in [0.25, 0.3) is 0 Å². The van der Waals surface area contributed by atoms with Crippen molar-refractivity contribution in [3.63, 3.8) is 0 Å². The van der Waals surface area contributed by atoms with Crippen LogP contribution in [-0.4, -0.2) is 70.0 Å². The average molecular weight is 888 g/mol. The van der Waals surface area contributed by atoms with E-state index in [1.165, 1.54) is 83.5 Å². The van der Waals surface area contributed by atoms with E-state index in [2.05, 4.69) is 86.8 Å². The molecule has 0 aliphatic rings. The molecule has 0 aromatic heterocycles. The molecule has 10 heteroatoms. The minimum atomic E-state index is -4.65. The highest BCUT2D eigenvalue weighted by atomic mass is 31.2. The van der Waals surface area contributed by atoms with Crippen LogP contribution in [0.5, 0.6) is 0 Å². The van der Waals surface area contributed by atoms with Gasteiger partial charge in [-0.2, -0.15) is 0 Å². The molecule has 0 aliphatic carbocycles. The molecule has 0 heterocycles. The zero-order valence-electron chi connectivity index (χ0n) is 40.0. The Kier molecular flexibility index (Phi) is 41.5. The fourth-order valence-corrected chi connectivity index (χ4v) is 6.87. The van der Waals surface area contributed by atoms with E-state index in [-0.39, 0.29) is 26.1 Å². The number of unbranched alkanes of at least 4 members (excludes halogenated alkanes) is 15. The van der Waals surface area contributed by atoms with Gasteiger partial charge in [-0.3, -0.25) is 14.2 Å². The van der Waals surface area contributed by atoms with Crippen molar-refractivity contribution in [1.29, 1.82) is 0 Å². The van der Waals surface area contributed by atoms with Crippen molar-refractivity contribution in [2.75, 3.05) is 47.5 Å². The van der Waals surface area contributed by atoms with Gasteiger partial charge in [-0.05, 0) is 77.0 Å². The molecule has 0 amide bonds. The van der Waals surface area contributed by atoms with Gasteiger partial charge >= 0.3 is 11.9 Å². The highest BCUT2D eigenvalue weighted by Gasteiger charge is 2.21. The van der Waals surface area contributed by atoms with Crippen molar-refractivity contribution in [3.05, 3.63) is 85.1 Å². The number of likely N-dealkylation sites (N-methyl/N-ethyl adjacent to an activating group) is 1. The van der Waals surface area contributed by atoms with Gasteiger partial charge in [-0.1, -0.05) is 176 Å². The van der Waals surface area contributed by atoms with Crippen molar-refractivity contribution in [2.24, 2.45) is 0 Å². The van der Waals surface area contributed by atoms with Gasteiger partial charge in [0.1, 0.15) is 19.8 Å². The Hall–Kier alpha value is -2.81. The van der Waals surface area contributed by atoms with Gasteiger partial charge in [0.05, 0.1) is 27.7 Å². The Morgan fingerprint density at radius 2 is 0.952 bits per heavy atom. The van der Waals surface area contributed by atoms with E-state index >= 15 is 0 Å². The second-order valence-corrected chi connectivity index (χ2v) is 18.5. The van der Waals surface area contributed by atoms with Gasteiger partial charge in [-0.25, -0.2) is 0 Å². The molecule has 0 saturated carbocycles. The Balaban J connectivity index is 4.42. The molecule has 0 fully saturated rings. The van der Waals surface area contributed by atoms with Crippen LogP contribution >= 0.6 is 7.82 Å². The van der Waals surface area contributed by atoms with Crippen LogP contribution in [0.3, 0.4) is 0 Å². The molecule has 0 rings (SSSR count). The molecule has 0 aromatic carbocycles. The van der Waals surface area contributed by atoms with Crippen LogP contribution in [0.4, 0.5) is 0 Å². The lowest BCUT2D eigenvalue weighted by atomic mass is 10.1. The first-order valence-electron chi connectivity index (χ1n) is 24.3. The van der Waals surface area contributed by atoms with E-state index in [0.29, 0.717) is 23.9 Å². The summed E-state index contributed by atoms with van der Waals surface area (Å²) in [6.07, 6.45) is 56.3. The molecule has 0 aromatic rings. The van der Waals surface area contributed by atoms with Crippen molar-refractivity contribution >= 4 is 19.8 Å². The Morgan fingerprint density at radius 3 is 1.44 bits per heavy atom. The SMILES string of the molecule is CC/C=C\C/C=C\C/C=C\C/C=C\C/C=C\C/C=C\CCC(=O)OC[C@H](COP(=O)([O-])OCC[N+](C)(C)C)OC(=O)CCCCCCCCCCC/C=C\CCCCCCCC. The topological polar surface area (TPSA) is 111 Å². The summed E-state index contributed by atoms with van der Waals surface area (Å²) in [5.74, 6) is -0.939. The molecule has 0 saturated heterocycles. The van der Waals surface area contributed by atoms with Crippen LogP contribution in [-0.2, 0) is 32.7 Å². The second-order valence-electron chi connectivity index (χ2n) is 17.1. The standard InChI is InChI=1S/C52H90NO8P/c1-6-8-10-12-14-16-18-20-22-24-26-28-30-32-34-36-38-40-42-44-51(54)58-48-50(49-60-62(56,57)59-47-46-53(3,4)5)61-52(55)45-43-41-39-37-35-33-31-29-27-25-23-21-19-17-15-13-11-9-7-2/h8,10,14,16,20-23,26,28,32,34,38,40,50H,6-7,9,11-13,15,17-19,24-25,27,29-31,33,35-37,39,41-49H2,1-5H3/b10-8-,16-14-,22-20-,23-21-,28-26-,34-32-,40-38-/t50-/m1/s1. The summed E-state index contributed by atoms with van der Waals surface area (Å²) in [4.78, 5) is 37.6. The van der Waals surface area contributed by atoms with Crippen molar-refractivity contribution < 1.29 is 42.1 Å². The third-order valence-electron chi connectivity index (χ3n) is 9.91. The molecular weight excluding hydrogens is 798 g/mol. The highest BCUT2D eigenvalue weighted by Crippen LogP contribution is 2.38. The van der Waals surface area contributed by atoms with Crippen LogP contribution in [0.2, 0.25) is 0 Å². The number of esters is 2. The number of hydrogen-bond acceptors (Lipinski definition) is 8. The van der Waals surface area contributed by atoms with Gasteiger partial charge < -0.3 is 27.9 Å². The quantitative estimate of drug-likeness (QED) is 0.0196. The number of phosphoric ester groups is 1. The number of rotatable bonds is 43. The molecule has 0 radical (unpaired) electrons. The summed E-state index contributed by atoms with van der Waals surface area (Å²) in [5.41, 5.74) is 0. The summed E-state index contributed by atoms with van der Waals surface area (Å²) in [6, 6.07) is 0. The van der Waals surface area contributed by atoms with Gasteiger partial charge in [0.2, 0.25) is 0 Å². The first-order chi connectivity index (χ1) is 30.0. The van der Waals surface area contributed by atoms with Crippen LogP contribution in [0, 0.1) is 0 Å². The molecule has 9 nitrogen and oxygen atoms in total. The smallest absolute Gasteiger partial charge is 0.306 e. The number of carbonyl (C=O) groups is 2. The van der Waals surface area contributed by atoms with Crippen LogP contribution < -0.4 is 4.89 Å². The highest BCUT2D eigenvalue weighted by molar-refractivity contribution is 7.45.